The SMILES string of the molecule is Cc1ccc(CN2CC(C(=O)NCC(=O)N3CCN(c4ccccc4)CC3)CC2=O)cc1. The first-order valence-electron chi connectivity index (χ1n) is 11.2. The first kappa shape index (κ1) is 21.9. The molecule has 168 valence electrons. The summed E-state index contributed by atoms with van der Waals surface area (Å²) in [4.78, 5) is 43.3. The van der Waals surface area contributed by atoms with E-state index in [-0.39, 0.29) is 30.7 Å². The fraction of sp³-hybridized carbons (Fsp3) is 0.400. The lowest BCUT2D eigenvalue weighted by Crippen LogP contribution is -2.51. The van der Waals surface area contributed by atoms with Crippen molar-refractivity contribution in [1.82, 2.24) is 15.1 Å². The lowest BCUT2D eigenvalue weighted by molar-refractivity contribution is -0.134. The van der Waals surface area contributed by atoms with Crippen LogP contribution in [0.2, 0.25) is 0 Å². The first-order chi connectivity index (χ1) is 15.5. The Kier molecular flexibility index (Phi) is 6.73. The first-order valence-corrected chi connectivity index (χ1v) is 11.2. The molecule has 0 saturated carbocycles. The van der Waals surface area contributed by atoms with Gasteiger partial charge in [0, 0.05) is 51.4 Å². The van der Waals surface area contributed by atoms with Gasteiger partial charge >= 0.3 is 0 Å². The number of hydrogen-bond donors (Lipinski definition) is 1. The highest BCUT2D eigenvalue weighted by atomic mass is 16.2. The van der Waals surface area contributed by atoms with Crippen LogP contribution in [0.1, 0.15) is 17.5 Å². The number of amides is 3. The van der Waals surface area contributed by atoms with E-state index < -0.39 is 5.92 Å². The summed E-state index contributed by atoms with van der Waals surface area (Å²) in [6.45, 7) is 5.72. The second kappa shape index (κ2) is 9.85. The minimum atomic E-state index is -0.407. The zero-order valence-electron chi connectivity index (χ0n) is 18.5. The summed E-state index contributed by atoms with van der Waals surface area (Å²) in [7, 11) is 0. The summed E-state index contributed by atoms with van der Waals surface area (Å²) < 4.78 is 0. The quantitative estimate of drug-likeness (QED) is 0.753. The molecule has 4 rings (SSSR count). The standard InChI is InChI=1S/C25H30N4O3/c1-19-7-9-20(10-8-19)17-29-18-21(15-23(29)30)25(32)26-16-24(31)28-13-11-27(12-14-28)22-5-3-2-4-6-22/h2-10,21H,11-18H2,1H3,(H,26,32). The lowest BCUT2D eigenvalue weighted by Gasteiger charge is -2.36. The molecular formula is C25H30N4O3. The van der Waals surface area contributed by atoms with Gasteiger partial charge in [0.15, 0.2) is 0 Å². The maximum atomic E-state index is 12.6. The van der Waals surface area contributed by atoms with Crippen molar-refractivity contribution in [3.8, 4) is 0 Å². The van der Waals surface area contributed by atoms with Gasteiger partial charge in [-0.2, -0.15) is 0 Å². The molecule has 32 heavy (non-hydrogen) atoms. The molecule has 0 aliphatic carbocycles. The van der Waals surface area contributed by atoms with Gasteiger partial charge in [0.1, 0.15) is 0 Å². The van der Waals surface area contributed by atoms with Crippen LogP contribution in [0.3, 0.4) is 0 Å². The molecule has 7 heteroatoms. The molecule has 2 aliphatic rings. The fourth-order valence-corrected chi connectivity index (χ4v) is 4.29. The number of nitrogens with one attached hydrogen (secondary N) is 1. The monoisotopic (exact) mass is 434 g/mol. The third-order valence-electron chi connectivity index (χ3n) is 6.25. The summed E-state index contributed by atoms with van der Waals surface area (Å²) in [5.74, 6) is -0.724. The van der Waals surface area contributed by atoms with Gasteiger partial charge < -0.3 is 20.0 Å². The van der Waals surface area contributed by atoms with Gasteiger partial charge in [-0.1, -0.05) is 48.0 Å². The largest absolute Gasteiger partial charge is 0.368 e. The number of anilines is 1. The molecule has 2 aliphatic heterocycles. The second-order valence-corrected chi connectivity index (χ2v) is 8.58. The number of likely N-dealkylation sites (tertiary alicyclic amines) is 1. The van der Waals surface area contributed by atoms with Crippen molar-refractivity contribution < 1.29 is 14.4 Å². The Morgan fingerprint density at radius 1 is 0.969 bits per heavy atom. The van der Waals surface area contributed by atoms with Crippen LogP contribution in [-0.2, 0) is 20.9 Å². The Balaban J connectivity index is 1.21. The Morgan fingerprint density at radius 3 is 2.34 bits per heavy atom. The van der Waals surface area contributed by atoms with Crippen LogP contribution < -0.4 is 10.2 Å². The van der Waals surface area contributed by atoms with Crippen LogP contribution in [-0.4, -0.2) is 66.8 Å². The van der Waals surface area contributed by atoms with Crippen molar-refractivity contribution in [1.29, 1.82) is 0 Å². The van der Waals surface area contributed by atoms with Crippen LogP contribution in [0.5, 0.6) is 0 Å². The number of aryl methyl sites for hydroxylation is 1. The maximum absolute atomic E-state index is 12.6. The Labute approximate surface area is 189 Å². The number of para-hydroxylation sites is 1. The molecule has 1 atom stereocenters. The maximum Gasteiger partial charge on any atom is 0.242 e. The molecule has 0 aromatic heterocycles. The zero-order chi connectivity index (χ0) is 22.5. The average molecular weight is 435 g/mol. The summed E-state index contributed by atoms with van der Waals surface area (Å²) >= 11 is 0. The van der Waals surface area contributed by atoms with E-state index in [0.717, 1.165) is 24.3 Å². The molecule has 0 radical (unpaired) electrons. The van der Waals surface area contributed by atoms with Crippen LogP contribution >= 0.6 is 0 Å². The third-order valence-corrected chi connectivity index (χ3v) is 6.25. The molecule has 0 bridgehead atoms. The highest BCUT2D eigenvalue weighted by Crippen LogP contribution is 2.21. The van der Waals surface area contributed by atoms with E-state index in [4.69, 9.17) is 0 Å². The summed E-state index contributed by atoms with van der Waals surface area (Å²) in [6.07, 6.45) is 0.196. The Morgan fingerprint density at radius 2 is 1.66 bits per heavy atom. The van der Waals surface area contributed by atoms with E-state index in [2.05, 4.69) is 22.3 Å². The number of hydrogen-bond acceptors (Lipinski definition) is 4. The molecule has 0 spiro atoms. The molecule has 7 nitrogen and oxygen atoms in total. The van der Waals surface area contributed by atoms with Crippen LogP contribution in [0.25, 0.3) is 0 Å². The van der Waals surface area contributed by atoms with Crippen molar-refractivity contribution in [3.63, 3.8) is 0 Å². The molecule has 2 heterocycles. The zero-order valence-corrected chi connectivity index (χ0v) is 18.5. The van der Waals surface area contributed by atoms with Gasteiger partial charge in [-0.3, -0.25) is 14.4 Å². The van der Waals surface area contributed by atoms with Gasteiger partial charge in [-0.05, 0) is 24.6 Å². The lowest BCUT2D eigenvalue weighted by atomic mass is 10.1. The Hall–Kier alpha value is -3.35. The number of piperazine rings is 1. The minimum Gasteiger partial charge on any atom is -0.368 e. The van der Waals surface area contributed by atoms with E-state index in [9.17, 15) is 14.4 Å². The summed E-state index contributed by atoms with van der Waals surface area (Å²) in [5.41, 5.74) is 3.38. The fourth-order valence-electron chi connectivity index (χ4n) is 4.29. The average Bonchev–Trinajstić information content (AvgIpc) is 3.19. The molecule has 1 N–H and O–H groups in total. The molecular weight excluding hydrogens is 404 g/mol. The van der Waals surface area contributed by atoms with Crippen LogP contribution in [0.4, 0.5) is 5.69 Å². The molecule has 1 unspecified atom stereocenters. The van der Waals surface area contributed by atoms with Crippen molar-refractivity contribution in [2.45, 2.75) is 19.9 Å². The number of carbonyl (C=O) groups excluding carboxylic acids is 3. The summed E-state index contributed by atoms with van der Waals surface area (Å²) in [5, 5.41) is 2.75. The number of carbonyl (C=O) groups is 3. The predicted molar refractivity (Wildman–Crippen MR) is 123 cm³/mol. The van der Waals surface area contributed by atoms with Gasteiger partial charge in [0.2, 0.25) is 17.7 Å². The van der Waals surface area contributed by atoms with Crippen molar-refractivity contribution in [2.75, 3.05) is 44.2 Å². The van der Waals surface area contributed by atoms with E-state index in [1.165, 1.54) is 5.56 Å². The van der Waals surface area contributed by atoms with Gasteiger partial charge in [0.05, 0.1) is 12.5 Å². The highest BCUT2D eigenvalue weighted by molar-refractivity contribution is 5.91. The molecule has 3 amide bonds. The smallest absolute Gasteiger partial charge is 0.242 e. The summed E-state index contributed by atoms with van der Waals surface area (Å²) in [6, 6.07) is 18.2. The molecule has 2 aromatic rings. The van der Waals surface area contributed by atoms with Crippen molar-refractivity contribution in [2.24, 2.45) is 5.92 Å². The second-order valence-electron chi connectivity index (χ2n) is 8.58. The molecule has 2 saturated heterocycles. The number of rotatable bonds is 6. The van der Waals surface area contributed by atoms with E-state index >= 15 is 0 Å². The van der Waals surface area contributed by atoms with E-state index in [1.54, 1.807) is 9.80 Å². The van der Waals surface area contributed by atoms with Gasteiger partial charge in [-0.15, -0.1) is 0 Å². The number of nitrogens with zero attached hydrogens (tertiary/aromatic N) is 3. The minimum absolute atomic E-state index is 0.0194. The normalized spacial score (nSPS) is 18.7. The van der Waals surface area contributed by atoms with Gasteiger partial charge in [-0.25, -0.2) is 0 Å². The van der Waals surface area contributed by atoms with E-state index in [0.29, 0.717) is 26.2 Å². The van der Waals surface area contributed by atoms with Crippen LogP contribution in [0.15, 0.2) is 54.6 Å². The third kappa shape index (κ3) is 5.28. The van der Waals surface area contributed by atoms with Gasteiger partial charge in [0.25, 0.3) is 0 Å². The predicted octanol–water partition coefficient (Wildman–Crippen LogP) is 1.81. The van der Waals surface area contributed by atoms with Crippen molar-refractivity contribution >= 4 is 23.4 Å². The highest BCUT2D eigenvalue weighted by Gasteiger charge is 2.34. The Bertz CT molecular complexity index is 953. The number of benzene rings is 2. The molecule has 2 fully saturated rings. The van der Waals surface area contributed by atoms with E-state index in [1.807, 2.05) is 49.4 Å². The van der Waals surface area contributed by atoms with Crippen molar-refractivity contribution in [3.05, 3.63) is 65.7 Å². The topological polar surface area (TPSA) is 73.0 Å². The molecule has 2 aromatic carbocycles. The van der Waals surface area contributed by atoms with Crippen LogP contribution in [0, 0.1) is 12.8 Å².